The van der Waals surface area contributed by atoms with Gasteiger partial charge in [0.2, 0.25) is 0 Å². The van der Waals surface area contributed by atoms with Crippen LogP contribution in [-0.2, 0) is 0 Å². The molecule has 0 aliphatic carbocycles. The Morgan fingerprint density at radius 1 is 1.46 bits per heavy atom. The van der Waals surface area contributed by atoms with Gasteiger partial charge in [-0.2, -0.15) is 0 Å². The molecule has 0 aliphatic heterocycles. The van der Waals surface area contributed by atoms with Crippen molar-refractivity contribution in [3.8, 4) is 11.2 Å². The molecule has 2 aromatic rings. The van der Waals surface area contributed by atoms with E-state index in [9.17, 15) is 0 Å². The third-order valence-electron chi connectivity index (χ3n) is 1.58. The Bertz CT molecular complexity index is 481. The number of fused-ring (bicyclic) bond motifs is 1. The Labute approximate surface area is 96.5 Å². The fraction of sp³-hybridized carbons (Fsp3) is 0. The average Bonchev–Trinajstić information content (AvgIpc) is 2.62. The van der Waals surface area contributed by atoms with E-state index < -0.39 is 0 Å². The highest BCUT2D eigenvalue weighted by Gasteiger charge is 1.99. The zero-order valence-corrected chi connectivity index (χ0v) is 10.2. The standard InChI is InChI=1S/C9H4INS2/c10-13-6-3-8-9-7(1-4-11-8)2-5-12-9/h1-2,4-5H. The molecule has 0 fully saturated rings. The highest BCUT2D eigenvalue weighted by molar-refractivity contribution is 14.2. The van der Waals surface area contributed by atoms with E-state index in [1.165, 1.54) is 19.0 Å². The smallest absolute Gasteiger partial charge is 0.131 e. The monoisotopic (exact) mass is 317 g/mol. The highest BCUT2D eigenvalue weighted by Crippen LogP contribution is 2.22. The van der Waals surface area contributed by atoms with Crippen LogP contribution in [-0.4, -0.2) is 4.98 Å². The van der Waals surface area contributed by atoms with Gasteiger partial charge in [0, 0.05) is 27.4 Å². The number of thiophene rings is 1. The zero-order chi connectivity index (χ0) is 9.10. The molecule has 2 heterocycles. The topological polar surface area (TPSA) is 12.9 Å². The van der Waals surface area contributed by atoms with E-state index in [4.69, 9.17) is 0 Å². The first-order valence-electron chi connectivity index (χ1n) is 3.52. The summed E-state index contributed by atoms with van der Waals surface area (Å²) < 4.78 is 1.18. The van der Waals surface area contributed by atoms with Crippen molar-refractivity contribution in [2.75, 3.05) is 0 Å². The zero-order valence-electron chi connectivity index (χ0n) is 6.45. The van der Waals surface area contributed by atoms with Crippen LogP contribution in [0, 0.1) is 11.2 Å². The van der Waals surface area contributed by atoms with Crippen LogP contribution in [0.2, 0.25) is 0 Å². The van der Waals surface area contributed by atoms with E-state index in [1.807, 2.05) is 6.07 Å². The third-order valence-corrected chi connectivity index (χ3v) is 3.35. The molecular weight excluding hydrogens is 313 g/mol. The SMILES string of the molecule is ISC#Cc1nccc2ccsc12. The van der Waals surface area contributed by atoms with Gasteiger partial charge in [-0.25, -0.2) is 4.98 Å². The summed E-state index contributed by atoms with van der Waals surface area (Å²) >= 11 is 3.84. The molecule has 0 aliphatic rings. The molecule has 0 bridgehead atoms. The molecule has 0 radical (unpaired) electrons. The van der Waals surface area contributed by atoms with E-state index in [0.717, 1.165) is 5.69 Å². The van der Waals surface area contributed by atoms with Crippen LogP contribution in [0.15, 0.2) is 23.7 Å². The maximum atomic E-state index is 4.24. The van der Waals surface area contributed by atoms with E-state index in [-0.39, 0.29) is 0 Å². The Balaban J connectivity index is 2.61. The van der Waals surface area contributed by atoms with Crippen LogP contribution >= 0.6 is 41.5 Å². The van der Waals surface area contributed by atoms with Crippen molar-refractivity contribution < 1.29 is 0 Å². The van der Waals surface area contributed by atoms with Gasteiger partial charge in [0.1, 0.15) is 5.69 Å². The number of pyridine rings is 1. The second-order valence-electron chi connectivity index (χ2n) is 2.30. The van der Waals surface area contributed by atoms with Crippen molar-refractivity contribution in [1.29, 1.82) is 0 Å². The number of nitrogens with zero attached hydrogens (tertiary/aromatic N) is 1. The minimum absolute atomic E-state index is 0.886. The fourth-order valence-corrected chi connectivity index (χ4v) is 2.35. The van der Waals surface area contributed by atoms with Crippen LogP contribution in [0.1, 0.15) is 5.69 Å². The van der Waals surface area contributed by atoms with E-state index in [1.54, 1.807) is 17.5 Å². The van der Waals surface area contributed by atoms with E-state index in [0.29, 0.717) is 0 Å². The summed E-state index contributed by atoms with van der Waals surface area (Å²) in [4.78, 5) is 4.24. The van der Waals surface area contributed by atoms with Crippen molar-refractivity contribution >= 4 is 51.6 Å². The normalized spacial score (nSPS) is 9.62. The van der Waals surface area contributed by atoms with Gasteiger partial charge in [-0.1, -0.05) is 0 Å². The second kappa shape index (κ2) is 4.31. The molecular formula is C9H4INS2. The molecule has 0 saturated heterocycles. The summed E-state index contributed by atoms with van der Waals surface area (Å²) in [6.45, 7) is 0. The summed E-state index contributed by atoms with van der Waals surface area (Å²) in [6.07, 6.45) is 1.80. The van der Waals surface area contributed by atoms with Gasteiger partial charge in [0.25, 0.3) is 0 Å². The molecule has 1 nitrogen and oxygen atoms in total. The molecule has 0 atom stereocenters. The Morgan fingerprint density at radius 3 is 3.23 bits per heavy atom. The van der Waals surface area contributed by atoms with Crippen molar-refractivity contribution in [2.45, 2.75) is 0 Å². The van der Waals surface area contributed by atoms with Gasteiger partial charge in [-0.15, -0.1) is 11.3 Å². The molecule has 0 aromatic carbocycles. The number of rotatable bonds is 0. The lowest BCUT2D eigenvalue weighted by Gasteiger charge is -1.90. The molecule has 0 spiro atoms. The lowest BCUT2D eigenvalue weighted by molar-refractivity contribution is 1.33. The number of halogens is 1. The molecule has 0 unspecified atom stereocenters. The number of aromatic nitrogens is 1. The van der Waals surface area contributed by atoms with Crippen LogP contribution in [0.3, 0.4) is 0 Å². The van der Waals surface area contributed by atoms with E-state index in [2.05, 4.69) is 48.8 Å². The minimum Gasteiger partial charge on any atom is -0.246 e. The first-order chi connectivity index (χ1) is 6.42. The quantitative estimate of drug-likeness (QED) is 0.543. The average molecular weight is 317 g/mol. The molecule has 2 rings (SSSR count). The third kappa shape index (κ3) is 1.98. The summed E-state index contributed by atoms with van der Waals surface area (Å²) in [7, 11) is 1.48. The first-order valence-corrected chi connectivity index (χ1v) is 7.76. The molecule has 13 heavy (non-hydrogen) atoms. The van der Waals surface area contributed by atoms with Crippen LogP contribution in [0.5, 0.6) is 0 Å². The van der Waals surface area contributed by atoms with Crippen molar-refractivity contribution in [3.63, 3.8) is 0 Å². The lowest BCUT2D eigenvalue weighted by Crippen LogP contribution is -1.79. The molecule has 0 amide bonds. The summed E-state index contributed by atoms with van der Waals surface area (Å²) in [6, 6.07) is 4.10. The van der Waals surface area contributed by atoms with E-state index >= 15 is 0 Å². The lowest BCUT2D eigenvalue weighted by atomic mass is 10.3. The summed E-state index contributed by atoms with van der Waals surface area (Å²) in [5.41, 5.74) is 0.886. The molecule has 64 valence electrons. The molecule has 4 heteroatoms. The van der Waals surface area contributed by atoms with Crippen molar-refractivity contribution in [1.82, 2.24) is 4.98 Å². The van der Waals surface area contributed by atoms with Crippen LogP contribution in [0.25, 0.3) is 10.1 Å². The maximum Gasteiger partial charge on any atom is 0.131 e. The summed E-state index contributed by atoms with van der Waals surface area (Å²) in [5, 5.41) is 6.23. The van der Waals surface area contributed by atoms with Gasteiger partial charge in [0.05, 0.1) is 4.70 Å². The van der Waals surface area contributed by atoms with Gasteiger partial charge < -0.3 is 0 Å². The van der Waals surface area contributed by atoms with Gasteiger partial charge in [-0.05, 0) is 43.0 Å². The number of hydrogen-bond donors (Lipinski definition) is 0. The Morgan fingerprint density at radius 2 is 2.38 bits per heavy atom. The second-order valence-corrected chi connectivity index (χ2v) is 4.90. The van der Waals surface area contributed by atoms with Crippen LogP contribution in [0.4, 0.5) is 0 Å². The van der Waals surface area contributed by atoms with Gasteiger partial charge in [0.15, 0.2) is 0 Å². The predicted molar refractivity (Wildman–Crippen MR) is 68.1 cm³/mol. The molecule has 2 aromatic heterocycles. The number of hydrogen-bond acceptors (Lipinski definition) is 3. The largest absolute Gasteiger partial charge is 0.246 e. The maximum absolute atomic E-state index is 4.24. The van der Waals surface area contributed by atoms with Crippen LogP contribution < -0.4 is 0 Å². The fourth-order valence-electron chi connectivity index (χ4n) is 1.05. The van der Waals surface area contributed by atoms with Crippen molar-refractivity contribution in [2.24, 2.45) is 0 Å². The molecule has 0 N–H and O–H groups in total. The molecule has 0 saturated carbocycles. The Hall–Kier alpha value is -0.250. The first kappa shape index (κ1) is 9.31. The summed E-state index contributed by atoms with van der Waals surface area (Å²) in [5.74, 6) is 3.03. The Kier molecular flexibility index (Phi) is 3.09. The highest BCUT2D eigenvalue weighted by atomic mass is 127. The van der Waals surface area contributed by atoms with Gasteiger partial charge >= 0.3 is 0 Å². The minimum atomic E-state index is 0.886. The van der Waals surface area contributed by atoms with Crippen molar-refractivity contribution in [3.05, 3.63) is 29.4 Å². The van der Waals surface area contributed by atoms with Gasteiger partial charge in [-0.3, -0.25) is 0 Å². The predicted octanol–water partition coefficient (Wildman–Crippen LogP) is 3.69.